The zero-order valence-corrected chi connectivity index (χ0v) is 39.0. The van der Waals surface area contributed by atoms with Crippen LogP contribution in [0.15, 0.2) is 48.6 Å². The van der Waals surface area contributed by atoms with Crippen LogP contribution in [0.2, 0.25) is 0 Å². The first-order valence-corrected chi connectivity index (χ1v) is 25.8. The Kier molecular flexibility index (Phi) is 43.3. The molecule has 9 nitrogen and oxygen atoms in total. The molecule has 0 aliphatic carbocycles. The minimum absolute atomic E-state index is 0.0404. The normalized spacial score (nSPS) is 14.9. The average Bonchev–Trinajstić information content (AvgIpc) is 3.21. The van der Waals surface area contributed by atoms with Crippen LogP contribution < -0.4 is 11.1 Å². The van der Waals surface area contributed by atoms with Gasteiger partial charge in [-0.05, 0) is 70.6 Å². The molecule has 0 aromatic heterocycles. The number of carbonyl (C=O) groups excluding carboxylic acids is 1. The van der Waals surface area contributed by atoms with Gasteiger partial charge in [-0.15, -0.1) is 0 Å². The number of allylic oxidation sites excluding steroid dienone is 7. The lowest BCUT2D eigenvalue weighted by Crippen LogP contribution is -2.46. The maximum Gasteiger partial charge on any atom is 0.472 e. The molecule has 0 aliphatic heterocycles. The van der Waals surface area contributed by atoms with E-state index in [0.717, 1.165) is 57.8 Å². The molecule has 4 unspecified atom stereocenters. The first-order valence-electron chi connectivity index (χ1n) is 24.3. The molecule has 0 aromatic rings. The van der Waals surface area contributed by atoms with Gasteiger partial charge in [0, 0.05) is 6.54 Å². The number of aliphatic hydroxyl groups excluding tert-OH is 2. The topological polar surface area (TPSA) is 151 Å². The molecular weight excluding hydrogens is 760 g/mol. The molecule has 0 heterocycles. The van der Waals surface area contributed by atoms with Gasteiger partial charge in [0.1, 0.15) is 0 Å². The summed E-state index contributed by atoms with van der Waals surface area (Å²) in [5.74, 6) is -0.464. The van der Waals surface area contributed by atoms with Crippen molar-refractivity contribution >= 4 is 13.7 Å². The van der Waals surface area contributed by atoms with E-state index in [1.54, 1.807) is 6.08 Å². The second-order valence-electron chi connectivity index (χ2n) is 16.5. The molecule has 10 heteroatoms. The first-order chi connectivity index (χ1) is 28.8. The number of carbonyl (C=O) groups is 1. The summed E-state index contributed by atoms with van der Waals surface area (Å²) >= 11 is 0. The summed E-state index contributed by atoms with van der Waals surface area (Å²) in [6, 6.07) is -1.01. The molecule has 0 radical (unpaired) electrons. The number of phosphoric acid groups is 1. The van der Waals surface area contributed by atoms with E-state index < -0.39 is 38.6 Å². The highest BCUT2D eigenvalue weighted by Gasteiger charge is 2.27. The largest absolute Gasteiger partial charge is 0.472 e. The van der Waals surface area contributed by atoms with Crippen molar-refractivity contribution in [1.82, 2.24) is 5.32 Å². The Balaban J connectivity index is 4.34. The van der Waals surface area contributed by atoms with Crippen LogP contribution in [0.25, 0.3) is 0 Å². The van der Waals surface area contributed by atoms with Gasteiger partial charge in [0.15, 0.2) is 0 Å². The van der Waals surface area contributed by atoms with Gasteiger partial charge in [0.05, 0.1) is 37.9 Å². The van der Waals surface area contributed by atoms with Crippen LogP contribution in [-0.4, -0.2) is 59.0 Å². The lowest BCUT2D eigenvalue weighted by molar-refractivity contribution is -0.124. The Labute approximate surface area is 363 Å². The molecular formula is C49H93N2O7P. The molecule has 0 aromatic carbocycles. The van der Waals surface area contributed by atoms with Crippen molar-refractivity contribution in [3.05, 3.63) is 48.6 Å². The zero-order chi connectivity index (χ0) is 43.3. The van der Waals surface area contributed by atoms with E-state index in [9.17, 15) is 24.5 Å². The minimum Gasteiger partial charge on any atom is -0.393 e. The second-order valence-corrected chi connectivity index (χ2v) is 17.9. The molecule has 0 rings (SSSR count). The smallest absolute Gasteiger partial charge is 0.393 e. The third-order valence-electron chi connectivity index (χ3n) is 10.7. The highest BCUT2D eigenvalue weighted by molar-refractivity contribution is 7.47. The lowest BCUT2D eigenvalue weighted by atomic mass is 10.0. The van der Waals surface area contributed by atoms with Crippen LogP contribution in [-0.2, 0) is 18.4 Å². The van der Waals surface area contributed by atoms with E-state index in [2.05, 4.69) is 55.6 Å². The van der Waals surface area contributed by atoms with Crippen molar-refractivity contribution in [3.8, 4) is 0 Å². The summed E-state index contributed by atoms with van der Waals surface area (Å²) in [7, 11) is -4.42. The third-order valence-corrected chi connectivity index (χ3v) is 11.6. The van der Waals surface area contributed by atoms with Gasteiger partial charge in [0.25, 0.3) is 0 Å². The number of unbranched alkanes of at least 4 members (excludes halogenated alkanes) is 25. The maximum atomic E-state index is 12.8. The monoisotopic (exact) mass is 853 g/mol. The van der Waals surface area contributed by atoms with E-state index in [4.69, 9.17) is 14.8 Å². The lowest BCUT2D eigenvalue weighted by Gasteiger charge is -2.24. The molecule has 0 saturated heterocycles. The van der Waals surface area contributed by atoms with Crippen molar-refractivity contribution in [2.45, 2.75) is 238 Å². The highest BCUT2D eigenvalue weighted by atomic mass is 31.2. The molecule has 0 bridgehead atoms. The maximum absolute atomic E-state index is 12.8. The van der Waals surface area contributed by atoms with Crippen LogP contribution >= 0.6 is 7.82 Å². The Morgan fingerprint density at radius 1 is 0.576 bits per heavy atom. The molecule has 59 heavy (non-hydrogen) atoms. The van der Waals surface area contributed by atoms with Crippen LogP contribution in [0.5, 0.6) is 0 Å². The van der Waals surface area contributed by atoms with Gasteiger partial charge in [-0.1, -0.05) is 191 Å². The first kappa shape index (κ1) is 57.4. The summed E-state index contributed by atoms with van der Waals surface area (Å²) in [5.41, 5.74) is 5.37. The molecule has 4 atom stereocenters. The van der Waals surface area contributed by atoms with Gasteiger partial charge in [-0.2, -0.15) is 0 Å². The van der Waals surface area contributed by atoms with E-state index in [-0.39, 0.29) is 19.6 Å². The summed E-state index contributed by atoms with van der Waals surface area (Å²) in [5, 5.41) is 24.1. The van der Waals surface area contributed by atoms with E-state index in [1.807, 2.05) is 6.08 Å². The standard InChI is InChI=1S/C49H93N2O7P/c1-3-5-7-9-11-13-15-17-19-21-22-23-25-27-29-31-33-35-37-39-41-48(53)47(45-58-59(55,56)57-43-42-50)51-49(54)44-46(52)40-38-36-34-32-30-28-26-24-20-18-16-14-12-10-8-6-4-2/h23-26,31,33,39,41,46-48,52-53H,3-22,27-30,32,34-38,40,42-45,50H2,1-2H3,(H,51,54)(H,55,56)/b25-23+,26-24-,33-31+,41-39+. The average molecular weight is 853 g/mol. The Hall–Kier alpha value is -1.58. The van der Waals surface area contributed by atoms with Gasteiger partial charge in [0.2, 0.25) is 5.91 Å². The Morgan fingerprint density at radius 2 is 0.966 bits per heavy atom. The fraction of sp³-hybridized carbons (Fsp3) is 0.816. The summed E-state index contributed by atoms with van der Waals surface area (Å²) in [4.78, 5) is 22.8. The number of aliphatic hydroxyl groups is 2. The molecule has 0 spiro atoms. The Morgan fingerprint density at radius 3 is 1.41 bits per heavy atom. The van der Waals surface area contributed by atoms with Crippen LogP contribution in [0.3, 0.4) is 0 Å². The quantitative estimate of drug-likeness (QED) is 0.0231. The number of phosphoric ester groups is 1. The van der Waals surface area contributed by atoms with Crippen LogP contribution in [0, 0.1) is 0 Å². The number of rotatable bonds is 45. The predicted octanol–water partition coefficient (Wildman–Crippen LogP) is 13.0. The van der Waals surface area contributed by atoms with Gasteiger partial charge >= 0.3 is 7.82 Å². The molecule has 1 amide bonds. The SMILES string of the molecule is CCCCCCCCCC/C=C\CCCCCCCC(O)CC(=O)NC(COP(=O)(O)OCCN)C(O)/C=C/CC/C=C/CC/C=C/CCCCCCCCCCCC. The van der Waals surface area contributed by atoms with Crippen molar-refractivity contribution in [2.24, 2.45) is 5.73 Å². The van der Waals surface area contributed by atoms with Gasteiger partial charge < -0.3 is 26.2 Å². The van der Waals surface area contributed by atoms with E-state index >= 15 is 0 Å². The number of nitrogens with one attached hydrogen (secondary N) is 1. The van der Waals surface area contributed by atoms with E-state index in [1.165, 1.54) is 128 Å². The van der Waals surface area contributed by atoms with Gasteiger partial charge in [-0.3, -0.25) is 13.8 Å². The van der Waals surface area contributed by atoms with Crippen LogP contribution in [0.1, 0.15) is 219 Å². The number of amides is 1. The fourth-order valence-electron chi connectivity index (χ4n) is 6.97. The molecule has 6 N–H and O–H groups in total. The third kappa shape index (κ3) is 42.9. The van der Waals surface area contributed by atoms with Crippen molar-refractivity contribution in [1.29, 1.82) is 0 Å². The van der Waals surface area contributed by atoms with E-state index in [0.29, 0.717) is 12.8 Å². The minimum atomic E-state index is -4.42. The van der Waals surface area contributed by atoms with Crippen molar-refractivity contribution < 1.29 is 33.5 Å². The predicted molar refractivity (Wildman–Crippen MR) is 250 cm³/mol. The number of hydrogen-bond acceptors (Lipinski definition) is 7. The number of hydrogen-bond donors (Lipinski definition) is 5. The Bertz CT molecular complexity index is 1080. The zero-order valence-electron chi connectivity index (χ0n) is 38.1. The molecule has 0 aliphatic rings. The van der Waals surface area contributed by atoms with Gasteiger partial charge in [-0.25, -0.2) is 4.57 Å². The number of nitrogens with two attached hydrogens (primary N) is 1. The highest BCUT2D eigenvalue weighted by Crippen LogP contribution is 2.43. The van der Waals surface area contributed by atoms with Crippen molar-refractivity contribution in [3.63, 3.8) is 0 Å². The summed E-state index contributed by atoms with van der Waals surface area (Å²) in [6.07, 6.45) is 52.0. The second kappa shape index (κ2) is 44.5. The molecule has 0 fully saturated rings. The molecule has 0 saturated carbocycles. The summed E-state index contributed by atoms with van der Waals surface area (Å²) in [6.45, 7) is 3.95. The van der Waals surface area contributed by atoms with Crippen molar-refractivity contribution in [2.75, 3.05) is 19.8 Å². The molecule has 346 valence electrons. The van der Waals surface area contributed by atoms with Crippen LogP contribution in [0.4, 0.5) is 0 Å². The fourth-order valence-corrected chi connectivity index (χ4v) is 7.73. The summed E-state index contributed by atoms with van der Waals surface area (Å²) < 4.78 is 22.1.